The summed E-state index contributed by atoms with van der Waals surface area (Å²) in [5, 5.41) is 10.9. The van der Waals surface area contributed by atoms with Crippen molar-refractivity contribution in [3.8, 4) is 0 Å². The summed E-state index contributed by atoms with van der Waals surface area (Å²) >= 11 is 0. The third kappa shape index (κ3) is 3.12. The van der Waals surface area contributed by atoms with Crippen LogP contribution < -0.4 is 10.6 Å². The maximum atomic E-state index is 12.2. The lowest BCUT2D eigenvalue weighted by atomic mass is 9.92. The van der Waals surface area contributed by atoms with Gasteiger partial charge in [0.15, 0.2) is 0 Å². The molecule has 1 unspecified atom stereocenters. The Kier molecular flexibility index (Phi) is 4.02. The first-order valence-electron chi connectivity index (χ1n) is 8.15. The Labute approximate surface area is 126 Å². The molecular formula is C16H26N4O. The number of amides is 1. The molecule has 1 saturated heterocycles. The van der Waals surface area contributed by atoms with Gasteiger partial charge < -0.3 is 10.6 Å². The average molecular weight is 290 g/mol. The van der Waals surface area contributed by atoms with Crippen molar-refractivity contribution in [3.63, 3.8) is 0 Å². The van der Waals surface area contributed by atoms with E-state index in [1.165, 1.54) is 19.3 Å². The first-order chi connectivity index (χ1) is 10.1. The minimum atomic E-state index is -0.0376. The van der Waals surface area contributed by atoms with E-state index in [0.29, 0.717) is 23.1 Å². The lowest BCUT2D eigenvalue weighted by Crippen LogP contribution is -2.34. The Morgan fingerprint density at radius 1 is 1.57 bits per heavy atom. The predicted molar refractivity (Wildman–Crippen MR) is 82.2 cm³/mol. The molecule has 116 valence electrons. The molecule has 1 aliphatic carbocycles. The quantitative estimate of drug-likeness (QED) is 0.871. The Bertz CT molecular complexity index is 498. The van der Waals surface area contributed by atoms with Crippen LogP contribution in [0.5, 0.6) is 0 Å². The maximum Gasteiger partial charge on any atom is 0.271 e. The second-order valence-electron chi connectivity index (χ2n) is 6.88. The van der Waals surface area contributed by atoms with E-state index in [0.717, 1.165) is 26.1 Å². The summed E-state index contributed by atoms with van der Waals surface area (Å²) in [6, 6.07) is 2.21. The summed E-state index contributed by atoms with van der Waals surface area (Å²) in [7, 11) is 0. The number of aromatic nitrogens is 2. The van der Waals surface area contributed by atoms with Crippen molar-refractivity contribution in [1.29, 1.82) is 0 Å². The molecule has 3 rings (SSSR count). The van der Waals surface area contributed by atoms with Gasteiger partial charge in [-0.2, -0.15) is 5.10 Å². The van der Waals surface area contributed by atoms with Gasteiger partial charge in [-0.25, -0.2) is 0 Å². The van der Waals surface area contributed by atoms with Gasteiger partial charge in [0.25, 0.3) is 5.91 Å². The molecule has 0 radical (unpaired) electrons. The van der Waals surface area contributed by atoms with Gasteiger partial charge in [-0.15, -0.1) is 0 Å². The summed E-state index contributed by atoms with van der Waals surface area (Å²) in [6.07, 6.45) is 6.69. The number of rotatable bonds is 5. The molecule has 1 aromatic heterocycles. The van der Waals surface area contributed by atoms with Crippen LogP contribution in [0.4, 0.5) is 0 Å². The highest BCUT2D eigenvalue weighted by Gasteiger charge is 2.45. The van der Waals surface area contributed by atoms with E-state index in [-0.39, 0.29) is 5.91 Å². The second-order valence-corrected chi connectivity index (χ2v) is 6.88. The number of nitrogens with zero attached hydrogens (tertiary/aromatic N) is 2. The number of piperidine rings is 1. The fourth-order valence-electron chi connectivity index (χ4n) is 3.19. The molecule has 1 amide bonds. The predicted octanol–water partition coefficient (Wildman–Crippen LogP) is 1.97. The molecule has 1 saturated carbocycles. The van der Waals surface area contributed by atoms with Crippen LogP contribution in [0.3, 0.4) is 0 Å². The molecule has 1 atom stereocenters. The van der Waals surface area contributed by atoms with Crippen LogP contribution in [-0.2, 0) is 0 Å². The number of nitrogens with one attached hydrogen (secondary N) is 2. The Morgan fingerprint density at radius 2 is 2.38 bits per heavy atom. The van der Waals surface area contributed by atoms with Crippen molar-refractivity contribution in [1.82, 2.24) is 20.4 Å². The van der Waals surface area contributed by atoms with Gasteiger partial charge in [0.1, 0.15) is 5.69 Å². The van der Waals surface area contributed by atoms with Crippen molar-refractivity contribution in [3.05, 3.63) is 18.0 Å². The monoisotopic (exact) mass is 290 g/mol. The topological polar surface area (TPSA) is 59.0 Å². The van der Waals surface area contributed by atoms with Gasteiger partial charge in [0.2, 0.25) is 0 Å². The number of hydrogen-bond acceptors (Lipinski definition) is 3. The average Bonchev–Trinajstić information content (AvgIpc) is 3.14. The van der Waals surface area contributed by atoms with Crippen molar-refractivity contribution in [2.75, 3.05) is 19.6 Å². The number of carbonyl (C=O) groups excluding carboxylic acids is 1. The molecule has 1 aromatic rings. The first kappa shape index (κ1) is 14.6. The molecule has 2 fully saturated rings. The molecular weight excluding hydrogens is 264 g/mol. The van der Waals surface area contributed by atoms with Crippen LogP contribution in [0.15, 0.2) is 12.3 Å². The third-order valence-electron chi connectivity index (χ3n) is 5.20. The molecule has 21 heavy (non-hydrogen) atoms. The van der Waals surface area contributed by atoms with Crippen LogP contribution in [-0.4, -0.2) is 35.3 Å². The van der Waals surface area contributed by atoms with Crippen LogP contribution in [0.1, 0.15) is 56.1 Å². The molecule has 1 aliphatic heterocycles. The summed E-state index contributed by atoms with van der Waals surface area (Å²) in [6.45, 7) is 7.29. The molecule has 5 nitrogen and oxygen atoms in total. The summed E-state index contributed by atoms with van der Waals surface area (Å²) in [4.78, 5) is 12.2. The summed E-state index contributed by atoms with van der Waals surface area (Å²) < 4.78 is 1.94. The summed E-state index contributed by atoms with van der Waals surface area (Å²) in [5.74, 6) is 0.591. The zero-order valence-electron chi connectivity index (χ0n) is 13.1. The van der Waals surface area contributed by atoms with E-state index in [9.17, 15) is 4.79 Å². The molecule has 2 aliphatic rings. The minimum absolute atomic E-state index is 0.0376. The highest BCUT2D eigenvalue weighted by molar-refractivity contribution is 5.92. The Hall–Kier alpha value is -1.36. The first-order valence-corrected chi connectivity index (χ1v) is 8.15. The van der Waals surface area contributed by atoms with Crippen LogP contribution >= 0.6 is 0 Å². The smallest absolute Gasteiger partial charge is 0.271 e. The van der Waals surface area contributed by atoms with Crippen LogP contribution in [0.2, 0.25) is 0 Å². The Morgan fingerprint density at radius 3 is 3.00 bits per heavy atom. The van der Waals surface area contributed by atoms with Gasteiger partial charge in [-0.1, -0.05) is 13.8 Å². The second kappa shape index (κ2) is 5.79. The highest BCUT2D eigenvalue weighted by atomic mass is 16.1. The van der Waals surface area contributed by atoms with E-state index >= 15 is 0 Å². The van der Waals surface area contributed by atoms with E-state index in [4.69, 9.17) is 0 Å². The minimum Gasteiger partial charge on any atom is -0.350 e. The molecule has 0 aromatic carbocycles. The maximum absolute atomic E-state index is 12.2. The van der Waals surface area contributed by atoms with Crippen LogP contribution in [0.25, 0.3) is 0 Å². The van der Waals surface area contributed by atoms with Crippen molar-refractivity contribution >= 4 is 5.91 Å². The van der Waals surface area contributed by atoms with E-state index in [2.05, 4.69) is 29.6 Å². The lowest BCUT2D eigenvalue weighted by molar-refractivity contribution is 0.0933. The molecule has 2 heterocycles. The van der Waals surface area contributed by atoms with Gasteiger partial charge in [-0.3, -0.25) is 9.48 Å². The molecule has 0 bridgehead atoms. The van der Waals surface area contributed by atoms with E-state index < -0.39 is 0 Å². The SMILES string of the molecule is CC(C)C1(CNC(=O)c2ccn(C3CCCNC3)n2)CC1. The fourth-order valence-corrected chi connectivity index (χ4v) is 3.19. The number of carbonyl (C=O) groups is 1. The largest absolute Gasteiger partial charge is 0.350 e. The summed E-state index contributed by atoms with van der Waals surface area (Å²) in [5.41, 5.74) is 0.881. The van der Waals surface area contributed by atoms with Crippen molar-refractivity contribution in [2.45, 2.75) is 45.6 Å². The standard InChI is InChI=1S/C16H26N4O/c1-12(2)16(6-7-16)11-18-15(21)14-5-9-20(19-14)13-4-3-8-17-10-13/h5,9,12-13,17H,3-4,6-8,10-11H2,1-2H3,(H,18,21). The fraction of sp³-hybridized carbons (Fsp3) is 0.750. The number of hydrogen-bond donors (Lipinski definition) is 2. The lowest BCUT2D eigenvalue weighted by Gasteiger charge is -2.23. The zero-order chi connectivity index (χ0) is 14.9. The van der Waals surface area contributed by atoms with Crippen molar-refractivity contribution in [2.24, 2.45) is 11.3 Å². The highest BCUT2D eigenvalue weighted by Crippen LogP contribution is 2.51. The molecule has 2 N–H and O–H groups in total. The van der Waals surface area contributed by atoms with Gasteiger partial charge in [-0.05, 0) is 49.6 Å². The molecule has 0 spiro atoms. The van der Waals surface area contributed by atoms with Crippen LogP contribution in [0, 0.1) is 11.3 Å². The molecule has 5 heteroatoms. The van der Waals surface area contributed by atoms with E-state index in [1.807, 2.05) is 16.9 Å². The van der Waals surface area contributed by atoms with E-state index in [1.54, 1.807) is 0 Å². The Balaban J connectivity index is 1.56. The van der Waals surface area contributed by atoms with Crippen molar-refractivity contribution < 1.29 is 4.79 Å². The zero-order valence-corrected chi connectivity index (χ0v) is 13.1. The van der Waals surface area contributed by atoms with Gasteiger partial charge >= 0.3 is 0 Å². The van der Waals surface area contributed by atoms with Gasteiger partial charge in [0.05, 0.1) is 6.04 Å². The van der Waals surface area contributed by atoms with Gasteiger partial charge in [0, 0.05) is 19.3 Å². The third-order valence-corrected chi connectivity index (χ3v) is 5.20. The normalized spacial score (nSPS) is 24.0.